The molecule has 128 valence electrons. The Bertz CT molecular complexity index is 91.9. The van der Waals surface area contributed by atoms with Crippen LogP contribution in [0.15, 0.2) is 0 Å². The van der Waals surface area contributed by atoms with Gasteiger partial charge in [0.15, 0.2) is 0 Å². The molecule has 1 heteroatoms. The third kappa shape index (κ3) is 36.1. The van der Waals surface area contributed by atoms with Crippen LogP contribution in [0.25, 0.3) is 0 Å². The number of aliphatic hydroxyl groups excluding tert-OH is 1. The fourth-order valence-electron chi connectivity index (χ4n) is 1.98. The highest BCUT2D eigenvalue weighted by atomic mass is 16.2. The molecule has 0 bridgehead atoms. The lowest BCUT2D eigenvalue weighted by atomic mass is 9.91. The highest BCUT2D eigenvalue weighted by Crippen LogP contribution is 2.22. The fourth-order valence-corrected chi connectivity index (χ4v) is 1.98. The fraction of sp³-hybridized carbons (Fsp3) is 1.00. The standard InChI is InChI=1S/C7H14.C7H16.2C2H6.CH4O/c1-7-5-3-2-4-6-7;1-3-5-7-6-4-2;3*1-2/h7H,2-6H2,1H3;3-7H2,1-2H3;2*1-2H3;2H,1H3. The van der Waals surface area contributed by atoms with Crippen LogP contribution in [0.2, 0.25) is 0 Å². The van der Waals surface area contributed by atoms with Gasteiger partial charge in [-0.25, -0.2) is 0 Å². The van der Waals surface area contributed by atoms with Gasteiger partial charge in [0.1, 0.15) is 0 Å². The van der Waals surface area contributed by atoms with Gasteiger partial charge in [0.25, 0.3) is 0 Å². The van der Waals surface area contributed by atoms with E-state index in [9.17, 15) is 0 Å². The van der Waals surface area contributed by atoms with Crippen molar-refractivity contribution >= 4 is 0 Å². The lowest BCUT2D eigenvalue weighted by Gasteiger charge is -2.15. The van der Waals surface area contributed by atoms with Gasteiger partial charge in [-0.15, -0.1) is 0 Å². The van der Waals surface area contributed by atoms with Crippen molar-refractivity contribution in [1.29, 1.82) is 0 Å². The molecule has 0 saturated heterocycles. The summed E-state index contributed by atoms with van der Waals surface area (Å²) in [6.45, 7) is 14.9. The zero-order valence-electron chi connectivity index (χ0n) is 16.1. The Hall–Kier alpha value is -0.0400. The first-order valence-corrected chi connectivity index (χ1v) is 9.26. The maximum Gasteiger partial charge on any atom is 0.0319 e. The zero-order chi connectivity index (χ0) is 16.6. The Morgan fingerprint density at radius 2 is 1.05 bits per heavy atom. The Labute approximate surface area is 131 Å². The molecular weight excluding hydrogens is 244 g/mol. The van der Waals surface area contributed by atoms with E-state index in [1.165, 1.54) is 64.2 Å². The van der Waals surface area contributed by atoms with E-state index in [1.54, 1.807) is 0 Å². The molecular formula is C19H46O. The molecule has 0 aliphatic heterocycles. The molecule has 0 radical (unpaired) electrons. The molecule has 0 aromatic heterocycles. The molecule has 0 unspecified atom stereocenters. The maximum absolute atomic E-state index is 7.00. The van der Waals surface area contributed by atoms with Crippen LogP contribution in [0.5, 0.6) is 0 Å². The molecule has 0 heterocycles. The smallest absolute Gasteiger partial charge is 0.0319 e. The number of hydrogen-bond donors (Lipinski definition) is 1. The molecule has 20 heavy (non-hydrogen) atoms. The lowest BCUT2D eigenvalue weighted by molar-refractivity contribution is 0.385. The lowest BCUT2D eigenvalue weighted by Crippen LogP contribution is -1.99. The van der Waals surface area contributed by atoms with Gasteiger partial charge in [-0.3, -0.25) is 0 Å². The monoisotopic (exact) mass is 290 g/mol. The second kappa shape index (κ2) is 36.4. The number of rotatable bonds is 4. The Balaban J connectivity index is -0.0000000933. The molecule has 0 aromatic carbocycles. The van der Waals surface area contributed by atoms with Crippen LogP contribution in [-0.2, 0) is 0 Å². The molecule has 1 fully saturated rings. The van der Waals surface area contributed by atoms with Crippen molar-refractivity contribution in [3.05, 3.63) is 0 Å². The SMILES string of the molecule is CC.CC.CC1CCCCC1.CCCCCCC.CO. The summed E-state index contributed by atoms with van der Waals surface area (Å²) in [5, 5.41) is 7.00. The quantitative estimate of drug-likeness (QED) is 0.542. The van der Waals surface area contributed by atoms with Gasteiger partial charge in [-0.2, -0.15) is 0 Å². The van der Waals surface area contributed by atoms with Gasteiger partial charge >= 0.3 is 0 Å². The summed E-state index contributed by atoms with van der Waals surface area (Å²) in [6, 6.07) is 0. The molecule has 1 nitrogen and oxygen atoms in total. The summed E-state index contributed by atoms with van der Waals surface area (Å²) in [5.74, 6) is 1.04. The number of hydrogen-bond acceptors (Lipinski definition) is 1. The normalized spacial score (nSPS) is 13.1. The summed E-state index contributed by atoms with van der Waals surface area (Å²) in [7, 11) is 1.00. The molecule has 1 aliphatic carbocycles. The minimum Gasteiger partial charge on any atom is -0.400 e. The predicted molar refractivity (Wildman–Crippen MR) is 97.5 cm³/mol. The summed E-state index contributed by atoms with van der Waals surface area (Å²) < 4.78 is 0. The first kappa shape index (κ1) is 28.2. The zero-order valence-corrected chi connectivity index (χ0v) is 16.1. The first-order valence-electron chi connectivity index (χ1n) is 9.26. The third-order valence-electron chi connectivity index (χ3n) is 3.10. The molecule has 0 atom stereocenters. The topological polar surface area (TPSA) is 20.2 Å². The summed E-state index contributed by atoms with van der Waals surface area (Å²) in [5.41, 5.74) is 0. The van der Waals surface area contributed by atoms with E-state index in [4.69, 9.17) is 5.11 Å². The van der Waals surface area contributed by atoms with Crippen LogP contribution in [-0.4, -0.2) is 12.2 Å². The molecule has 0 aromatic rings. The number of unbranched alkanes of at least 4 members (excludes halogenated alkanes) is 4. The highest BCUT2D eigenvalue weighted by Gasteiger charge is 2.05. The highest BCUT2D eigenvalue weighted by molar-refractivity contribution is 4.59. The molecule has 1 aliphatic rings. The largest absolute Gasteiger partial charge is 0.400 e. The van der Waals surface area contributed by atoms with Crippen molar-refractivity contribution in [2.75, 3.05) is 7.11 Å². The van der Waals surface area contributed by atoms with Crippen LogP contribution >= 0.6 is 0 Å². The van der Waals surface area contributed by atoms with Crippen LogP contribution in [0.4, 0.5) is 0 Å². The Kier molecular flexibility index (Phi) is 51.3. The van der Waals surface area contributed by atoms with E-state index in [0.29, 0.717) is 0 Å². The minimum atomic E-state index is 1.00. The van der Waals surface area contributed by atoms with Crippen molar-refractivity contribution in [1.82, 2.24) is 0 Å². The summed E-state index contributed by atoms with van der Waals surface area (Å²) >= 11 is 0. The van der Waals surface area contributed by atoms with Crippen LogP contribution in [0.3, 0.4) is 0 Å². The Morgan fingerprint density at radius 3 is 1.25 bits per heavy atom. The van der Waals surface area contributed by atoms with E-state index in [-0.39, 0.29) is 0 Å². The molecule has 0 amide bonds. The van der Waals surface area contributed by atoms with Crippen LogP contribution < -0.4 is 0 Å². The van der Waals surface area contributed by atoms with Crippen molar-refractivity contribution in [2.45, 2.75) is 113 Å². The van der Waals surface area contributed by atoms with Crippen LogP contribution in [0.1, 0.15) is 113 Å². The van der Waals surface area contributed by atoms with Gasteiger partial charge in [-0.05, 0) is 5.92 Å². The van der Waals surface area contributed by atoms with Gasteiger partial charge < -0.3 is 5.11 Å². The second-order valence-electron chi connectivity index (χ2n) is 4.80. The van der Waals surface area contributed by atoms with Crippen LogP contribution in [0, 0.1) is 5.92 Å². The molecule has 1 rings (SSSR count). The molecule has 0 spiro atoms. The summed E-state index contributed by atoms with van der Waals surface area (Å²) in [6.07, 6.45) is 14.4. The average Bonchev–Trinajstić information content (AvgIpc) is 2.55. The van der Waals surface area contributed by atoms with Crippen molar-refractivity contribution in [3.8, 4) is 0 Å². The van der Waals surface area contributed by atoms with E-state index >= 15 is 0 Å². The Morgan fingerprint density at radius 1 is 0.700 bits per heavy atom. The maximum atomic E-state index is 7.00. The average molecular weight is 291 g/mol. The second-order valence-corrected chi connectivity index (χ2v) is 4.80. The van der Waals surface area contributed by atoms with Gasteiger partial charge in [0.05, 0.1) is 0 Å². The van der Waals surface area contributed by atoms with E-state index in [1.807, 2.05) is 27.7 Å². The van der Waals surface area contributed by atoms with Gasteiger partial charge in [0.2, 0.25) is 0 Å². The predicted octanol–water partition coefficient (Wildman–Crippen LogP) is 7.22. The van der Waals surface area contributed by atoms with Crippen molar-refractivity contribution in [2.24, 2.45) is 5.92 Å². The minimum absolute atomic E-state index is 1.00. The van der Waals surface area contributed by atoms with E-state index in [0.717, 1.165) is 13.0 Å². The first-order chi connectivity index (χ1) is 9.81. The van der Waals surface area contributed by atoms with Crippen molar-refractivity contribution in [3.63, 3.8) is 0 Å². The molecule has 1 saturated carbocycles. The third-order valence-corrected chi connectivity index (χ3v) is 3.10. The number of aliphatic hydroxyl groups is 1. The van der Waals surface area contributed by atoms with E-state index < -0.39 is 0 Å². The van der Waals surface area contributed by atoms with Gasteiger partial charge in [0, 0.05) is 7.11 Å². The molecule has 1 N–H and O–H groups in total. The summed E-state index contributed by atoms with van der Waals surface area (Å²) in [4.78, 5) is 0. The van der Waals surface area contributed by atoms with Crippen molar-refractivity contribution < 1.29 is 5.11 Å². The van der Waals surface area contributed by atoms with Gasteiger partial charge in [-0.1, -0.05) is 113 Å². The van der Waals surface area contributed by atoms with E-state index in [2.05, 4.69) is 20.8 Å².